The van der Waals surface area contributed by atoms with Crippen LogP contribution in [0.15, 0.2) is 48.0 Å². The molecule has 0 N–H and O–H groups in total. The number of fused-ring (bicyclic) bond motifs is 1. The number of Topliss-reactive ketones (excluding diaryl/α,β-unsaturated/α-hetero) is 1. The first-order valence-corrected chi connectivity index (χ1v) is 8.36. The number of carbonyl (C=O) groups excluding carboxylic acids is 1. The minimum atomic E-state index is -0.277. The molecule has 4 heteroatoms. The molecule has 0 unspecified atom stereocenters. The maximum absolute atomic E-state index is 12.6. The van der Waals surface area contributed by atoms with Gasteiger partial charge in [-0.25, -0.2) is 0 Å². The van der Waals surface area contributed by atoms with Gasteiger partial charge in [0.05, 0.1) is 0 Å². The first kappa shape index (κ1) is 16.8. The van der Waals surface area contributed by atoms with Crippen molar-refractivity contribution in [2.75, 3.05) is 13.2 Å². The van der Waals surface area contributed by atoms with Crippen molar-refractivity contribution in [3.63, 3.8) is 0 Å². The Morgan fingerprint density at radius 2 is 1.84 bits per heavy atom. The Morgan fingerprint density at radius 1 is 1.12 bits per heavy atom. The fraction of sp³-hybridized carbons (Fsp3) is 0.238. The first-order chi connectivity index (χ1) is 12.2. The van der Waals surface area contributed by atoms with Gasteiger partial charge in [-0.05, 0) is 35.8 Å². The molecule has 0 radical (unpaired) electrons. The van der Waals surface area contributed by atoms with Crippen LogP contribution in [-0.4, -0.2) is 19.0 Å². The molecule has 0 bridgehead atoms. The summed E-state index contributed by atoms with van der Waals surface area (Å²) < 4.78 is 11.0. The molecular weight excluding hydrogens is 314 g/mol. The smallest absolute Gasteiger partial charge is 0.203 e. The van der Waals surface area contributed by atoms with E-state index in [2.05, 4.69) is 6.92 Å². The third-order valence-electron chi connectivity index (χ3n) is 4.00. The van der Waals surface area contributed by atoms with Crippen molar-refractivity contribution in [3.8, 4) is 17.6 Å². The second-order valence-corrected chi connectivity index (χ2v) is 5.85. The highest BCUT2D eigenvalue weighted by molar-refractivity contribution is 6.14. The van der Waals surface area contributed by atoms with Crippen LogP contribution in [-0.2, 0) is 6.42 Å². The zero-order chi connectivity index (χ0) is 17.6. The highest BCUT2D eigenvalue weighted by atomic mass is 16.6. The molecule has 1 aliphatic rings. The first-order valence-electron chi connectivity index (χ1n) is 8.36. The number of carbonyl (C=O) groups is 1. The van der Waals surface area contributed by atoms with E-state index in [1.807, 2.05) is 24.3 Å². The lowest BCUT2D eigenvalue weighted by molar-refractivity contribution is 0.104. The van der Waals surface area contributed by atoms with Crippen molar-refractivity contribution >= 4 is 11.9 Å². The third-order valence-corrected chi connectivity index (χ3v) is 4.00. The molecule has 2 aromatic rings. The van der Waals surface area contributed by atoms with Gasteiger partial charge in [-0.3, -0.25) is 4.79 Å². The molecular formula is C21H19NO3. The van der Waals surface area contributed by atoms with E-state index in [0.717, 1.165) is 18.4 Å². The molecule has 25 heavy (non-hydrogen) atoms. The fourth-order valence-corrected chi connectivity index (χ4v) is 2.73. The van der Waals surface area contributed by atoms with Crippen LogP contribution in [0.2, 0.25) is 0 Å². The van der Waals surface area contributed by atoms with E-state index in [-0.39, 0.29) is 11.4 Å². The summed E-state index contributed by atoms with van der Waals surface area (Å²) in [5, 5.41) is 9.40. The van der Waals surface area contributed by atoms with Crippen LogP contribution in [0.4, 0.5) is 0 Å². The molecule has 4 nitrogen and oxygen atoms in total. The Hall–Kier alpha value is -3.06. The number of rotatable bonds is 5. The van der Waals surface area contributed by atoms with E-state index in [1.54, 1.807) is 30.3 Å². The minimum absolute atomic E-state index is 0.0971. The van der Waals surface area contributed by atoms with Crippen molar-refractivity contribution in [2.45, 2.75) is 19.8 Å². The lowest BCUT2D eigenvalue weighted by Crippen LogP contribution is -2.15. The molecule has 1 aliphatic heterocycles. The van der Waals surface area contributed by atoms with Crippen molar-refractivity contribution < 1.29 is 14.3 Å². The summed E-state index contributed by atoms with van der Waals surface area (Å²) in [5.41, 5.74) is 2.54. The summed E-state index contributed by atoms with van der Waals surface area (Å²) in [7, 11) is 0. The number of allylic oxidation sites excluding steroid dienone is 1. The molecule has 0 atom stereocenters. The largest absolute Gasteiger partial charge is 0.486 e. The molecule has 0 amide bonds. The van der Waals surface area contributed by atoms with E-state index < -0.39 is 0 Å². The molecule has 1 heterocycles. The van der Waals surface area contributed by atoms with Crippen LogP contribution in [0.5, 0.6) is 11.5 Å². The Bertz CT molecular complexity index is 844. The molecule has 0 aliphatic carbocycles. The van der Waals surface area contributed by atoms with Gasteiger partial charge in [-0.15, -0.1) is 0 Å². The predicted octanol–water partition coefficient (Wildman–Crippen LogP) is 4.20. The summed E-state index contributed by atoms with van der Waals surface area (Å²) in [6.07, 6.45) is 3.62. The van der Waals surface area contributed by atoms with Gasteiger partial charge in [0, 0.05) is 5.56 Å². The van der Waals surface area contributed by atoms with Gasteiger partial charge in [-0.2, -0.15) is 5.26 Å². The average molecular weight is 333 g/mol. The van der Waals surface area contributed by atoms with Gasteiger partial charge in [0.25, 0.3) is 0 Å². The van der Waals surface area contributed by atoms with E-state index >= 15 is 0 Å². The second kappa shape index (κ2) is 7.67. The number of ketones is 1. The molecule has 0 spiro atoms. The highest BCUT2D eigenvalue weighted by Gasteiger charge is 2.14. The molecule has 0 saturated carbocycles. The normalized spacial score (nSPS) is 13.2. The zero-order valence-electron chi connectivity index (χ0n) is 14.1. The van der Waals surface area contributed by atoms with E-state index in [9.17, 15) is 10.1 Å². The maximum Gasteiger partial charge on any atom is 0.203 e. The van der Waals surface area contributed by atoms with Crippen LogP contribution in [0.3, 0.4) is 0 Å². The van der Waals surface area contributed by atoms with Gasteiger partial charge in [0.15, 0.2) is 11.5 Å². The Balaban J connectivity index is 1.84. The van der Waals surface area contributed by atoms with E-state index in [1.165, 1.54) is 5.56 Å². The topological polar surface area (TPSA) is 59.3 Å². The van der Waals surface area contributed by atoms with Crippen LogP contribution in [0.1, 0.15) is 34.8 Å². The quantitative estimate of drug-likeness (QED) is 0.467. The van der Waals surface area contributed by atoms with Gasteiger partial charge < -0.3 is 9.47 Å². The summed E-state index contributed by atoms with van der Waals surface area (Å²) >= 11 is 0. The van der Waals surface area contributed by atoms with Crippen LogP contribution in [0, 0.1) is 11.3 Å². The van der Waals surface area contributed by atoms with Crippen LogP contribution >= 0.6 is 0 Å². The molecule has 0 saturated heterocycles. The lowest BCUT2D eigenvalue weighted by atomic mass is 9.99. The summed E-state index contributed by atoms with van der Waals surface area (Å²) in [6.45, 7) is 3.13. The number of benzene rings is 2. The van der Waals surface area contributed by atoms with Gasteiger partial charge in [0.1, 0.15) is 24.9 Å². The van der Waals surface area contributed by atoms with Crippen molar-refractivity contribution in [1.29, 1.82) is 5.26 Å². The highest BCUT2D eigenvalue weighted by Crippen LogP contribution is 2.31. The molecule has 3 rings (SSSR count). The summed E-state index contributed by atoms with van der Waals surface area (Å²) in [5.74, 6) is 1.04. The fourth-order valence-electron chi connectivity index (χ4n) is 2.73. The Labute approximate surface area is 147 Å². The summed E-state index contributed by atoms with van der Waals surface area (Å²) in [4.78, 5) is 12.6. The minimum Gasteiger partial charge on any atom is -0.486 e. The SMILES string of the molecule is CCCc1ccc(C(=O)C(C#N)=Cc2ccc3c(c2)OCCO3)cc1. The monoisotopic (exact) mass is 333 g/mol. The van der Waals surface area contributed by atoms with Crippen LogP contribution in [0.25, 0.3) is 6.08 Å². The maximum atomic E-state index is 12.6. The van der Waals surface area contributed by atoms with Crippen molar-refractivity contribution in [3.05, 3.63) is 64.7 Å². The van der Waals surface area contributed by atoms with Gasteiger partial charge in [-0.1, -0.05) is 43.7 Å². The standard InChI is InChI=1S/C21H19NO3/c1-2-3-15-4-7-17(8-5-15)21(23)18(14-22)12-16-6-9-19-20(13-16)25-11-10-24-19/h4-9,12-13H,2-3,10-11H2,1H3. The van der Waals surface area contributed by atoms with Crippen molar-refractivity contribution in [1.82, 2.24) is 0 Å². The second-order valence-electron chi connectivity index (χ2n) is 5.85. The summed E-state index contributed by atoms with van der Waals surface area (Å²) in [6, 6.07) is 14.8. The van der Waals surface area contributed by atoms with Gasteiger partial charge >= 0.3 is 0 Å². The van der Waals surface area contributed by atoms with Crippen molar-refractivity contribution in [2.24, 2.45) is 0 Å². The number of hydrogen-bond acceptors (Lipinski definition) is 4. The van der Waals surface area contributed by atoms with Gasteiger partial charge in [0.2, 0.25) is 5.78 Å². The Morgan fingerprint density at radius 3 is 2.52 bits per heavy atom. The molecule has 0 aromatic heterocycles. The molecule has 126 valence electrons. The number of ether oxygens (including phenoxy) is 2. The lowest BCUT2D eigenvalue weighted by Gasteiger charge is -2.18. The van der Waals surface area contributed by atoms with Crippen LogP contribution < -0.4 is 9.47 Å². The van der Waals surface area contributed by atoms with E-state index in [4.69, 9.17) is 9.47 Å². The molecule has 0 fully saturated rings. The number of nitriles is 1. The molecule has 2 aromatic carbocycles. The number of nitrogens with zero attached hydrogens (tertiary/aromatic N) is 1. The average Bonchev–Trinajstić information content (AvgIpc) is 2.66. The van der Waals surface area contributed by atoms with E-state index in [0.29, 0.717) is 30.3 Å². The number of aryl methyl sites for hydroxylation is 1. The zero-order valence-corrected chi connectivity index (χ0v) is 14.1. The predicted molar refractivity (Wildman–Crippen MR) is 95.8 cm³/mol. The number of hydrogen-bond donors (Lipinski definition) is 0. The third kappa shape index (κ3) is 3.89. The Kier molecular flexibility index (Phi) is 5.15.